The highest BCUT2D eigenvalue weighted by molar-refractivity contribution is 6.61. The summed E-state index contributed by atoms with van der Waals surface area (Å²) in [7, 11) is 2.77. The van der Waals surface area contributed by atoms with Crippen LogP contribution in [0.25, 0.3) is 0 Å². The van der Waals surface area contributed by atoms with Crippen molar-refractivity contribution >= 4 is 18.7 Å². The highest BCUT2D eigenvalue weighted by Gasteiger charge is 2.33. The van der Waals surface area contributed by atoms with Crippen LogP contribution in [0.4, 0.5) is 4.79 Å². The second-order valence-corrected chi connectivity index (χ2v) is 6.07. The molecule has 1 aromatic carbocycles. The molecule has 3 atom stereocenters. The highest BCUT2D eigenvalue weighted by Crippen LogP contribution is 2.23. The Balaban J connectivity index is 1.88. The maximum absolute atomic E-state index is 11.9. The third-order valence-electron chi connectivity index (χ3n) is 4.19. The largest absolute Gasteiger partial charge is 0.508 e. The van der Waals surface area contributed by atoms with Crippen molar-refractivity contribution in [3.63, 3.8) is 0 Å². The summed E-state index contributed by atoms with van der Waals surface area (Å²) in [5, 5.41) is 0. The van der Waals surface area contributed by atoms with Gasteiger partial charge in [0.05, 0.1) is 12.2 Å². The molecule has 7 heteroatoms. The van der Waals surface area contributed by atoms with Crippen molar-refractivity contribution in [2.75, 3.05) is 14.2 Å². The van der Waals surface area contributed by atoms with Gasteiger partial charge in [0.1, 0.15) is 12.7 Å². The Morgan fingerprint density at radius 2 is 2.00 bits per heavy atom. The van der Waals surface area contributed by atoms with Crippen molar-refractivity contribution in [3.05, 3.63) is 29.3 Å². The zero-order valence-corrected chi connectivity index (χ0v) is 14.9. The molecule has 2 rings (SSSR count). The molecular weight excluding hydrogens is 311 g/mol. The van der Waals surface area contributed by atoms with E-state index in [0.29, 0.717) is 6.42 Å². The molecule has 0 aromatic heterocycles. The molecule has 1 heterocycles. The van der Waals surface area contributed by atoms with Crippen molar-refractivity contribution in [3.8, 4) is 0 Å². The Kier molecular flexibility index (Phi) is 6.65. The van der Waals surface area contributed by atoms with E-state index in [1.54, 1.807) is 14.2 Å². The topological polar surface area (TPSA) is 63.2 Å². The van der Waals surface area contributed by atoms with Crippen LogP contribution in [-0.2, 0) is 30.1 Å². The maximum atomic E-state index is 11.9. The zero-order chi connectivity index (χ0) is 17.7. The van der Waals surface area contributed by atoms with Crippen molar-refractivity contribution in [1.29, 1.82) is 0 Å². The first-order valence-corrected chi connectivity index (χ1v) is 8.08. The minimum Gasteiger partial charge on any atom is -0.429 e. The molecule has 1 aliphatic heterocycles. The monoisotopic (exact) mass is 336 g/mol. The Hall–Kier alpha value is -1.57. The average Bonchev–Trinajstić information content (AvgIpc) is 2.85. The van der Waals surface area contributed by atoms with Crippen molar-refractivity contribution < 1.29 is 28.3 Å². The summed E-state index contributed by atoms with van der Waals surface area (Å²) in [5.41, 5.74) is 2.81. The summed E-state index contributed by atoms with van der Waals surface area (Å²) in [6.45, 7) is 5.97. The summed E-state index contributed by atoms with van der Waals surface area (Å²) < 4.78 is 26.6. The quantitative estimate of drug-likeness (QED) is 0.586. The van der Waals surface area contributed by atoms with Crippen LogP contribution in [0, 0.1) is 6.92 Å². The molecule has 6 nitrogen and oxygen atoms in total. The zero-order valence-electron chi connectivity index (χ0n) is 14.9. The number of benzene rings is 1. The molecule has 0 unspecified atom stereocenters. The predicted octanol–water partition coefficient (Wildman–Crippen LogP) is 2.20. The van der Waals surface area contributed by atoms with Gasteiger partial charge >= 0.3 is 13.3 Å². The van der Waals surface area contributed by atoms with Gasteiger partial charge in [0.15, 0.2) is 0 Å². The lowest BCUT2D eigenvalue weighted by atomic mass is 9.78. The van der Waals surface area contributed by atoms with E-state index in [0.717, 1.165) is 16.6 Å². The van der Waals surface area contributed by atoms with E-state index in [2.05, 4.69) is 0 Å². The molecule has 0 bridgehead atoms. The molecule has 0 aliphatic carbocycles. The Labute approximate surface area is 143 Å². The lowest BCUT2D eigenvalue weighted by Crippen LogP contribution is -2.35. The molecule has 1 aliphatic rings. The normalized spacial score (nSPS) is 23.1. The molecule has 1 aromatic rings. The number of carbonyl (C=O) groups excluding carboxylic acids is 1. The summed E-state index contributed by atoms with van der Waals surface area (Å²) in [6, 6.07) is 5.74. The van der Waals surface area contributed by atoms with Gasteiger partial charge in [-0.2, -0.15) is 0 Å². The van der Waals surface area contributed by atoms with E-state index in [1.165, 1.54) is 0 Å². The number of aryl methyl sites for hydroxylation is 1. The van der Waals surface area contributed by atoms with E-state index in [9.17, 15) is 4.79 Å². The number of hydrogen-bond donors (Lipinski definition) is 0. The second-order valence-electron chi connectivity index (χ2n) is 6.07. The number of ether oxygens (including phenoxy) is 3. The van der Waals surface area contributed by atoms with Crippen molar-refractivity contribution in [2.45, 2.75) is 52.1 Å². The van der Waals surface area contributed by atoms with E-state index in [4.69, 9.17) is 23.5 Å². The Morgan fingerprint density at radius 1 is 1.29 bits per heavy atom. The van der Waals surface area contributed by atoms with Crippen LogP contribution in [0.1, 0.15) is 31.4 Å². The molecule has 0 N–H and O–H groups in total. The summed E-state index contributed by atoms with van der Waals surface area (Å²) >= 11 is 0. The fourth-order valence-electron chi connectivity index (χ4n) is 2.86. The number of hydrogen-bond acceptors (Lipinski definition) is 6. The van der Waals surface area contributed by atoms with E-state index in [-0.39, 0.29) is 24.9 Å². The summed E-state index contributed by atoms with van der Waals surface area (Å²) in [5.74, 6) is 0. The predicted molar refractivity (Wildman–Crippen MR) is 90.3 cm³/mol. The summed E-state index contributed by atoms with van der Waals surface area (Å²) in [6.07, 6.45) is -0.227. The second kappa shape index (κ2) is 8.51. The molecule has 132 valence electrons. The maximum Gasteiger partial charge on any atom is 0.508 e. The van der Waals surface area contributed by atoms with Crippen LogP contribution in [0.3, 0.4) is 0 Å². The minimum absolute atomic E-state index is 0.0992. The molecule has 0 amide bonds. The van der Waals surface area contributed by atoms with Crippen molar-refractivity contribution in [2.24, 2.45) is 0 Å². The fourth-order valence-corrected chi connectivity index (χ4v) is 2.86. The van der Waals surface area contributed by atoms with Gasteiger partial charge < -0.3 is 23.5 Å². The van der Waals surface area contributed by atoms with Crippen LogP contribution in [0.2, 0.25) is 0 Å². The number of carbonyl (C=O) groups is 1. The molecule has 1 fully saturated rings. The van der Waals surface area contributed by atoms with Gasteiger partial charge in [0, 0.05) is 20.6 Å². The first-order chi connectivity index (χ1) is 11.4. The third kappa shape index (κ3) is 4.72. The molecule has 24 heavy (non-hydrogen) atoms. The fraction of sp³-hybridized carbons (Fsp3) is 0.588. The van der Waals surface area contributed by atoms with Crippen LogP contribution < -0.4 is 5.46 Å². The van der Waals surface area contributed by atoms with Crippen LogP contribution >= 0.6 is 0 Å². The van der Waals surface area contributed by atoms with Gasteiger partial charge in [-0.25, -0.2) is 4.79 Å². The van der Waals surface area contributed by atoms with Crippen LogP contribution in [-0.4, -0.2) is 45.8 Å². The van der Waals surface area contributed by atoms with Gasteiger partial charge in [-0.3, -0.25) is 0 Å². The highest BCUT2D eigenvalue weighted by atomic mass is 16.7. The first-order valence-electron chi connectivity index (χ1n) is 8.08. The van der Waals surface area contributed by atoms with E-state index < -0.39 is 13.3 Å². The SMILES string of the molecule is COB(OC)c1ccc(COC(=O)O[C@@H]2C[C@H](C)O[C@@H]2C)c(C)c1. The van der Waals surface area contributed by atoms with Crippen molar-refractivity contribution in [1.82, 2.24) is 0 Å². The average molecular weight is 336 g/mol. The minimum atomic E-state index is -0.667. The molecule has 1 saturated heterocycles. The van der Waals surface area contributed by atoms with Gasteiger partial charge in [0.2, 0.25) is 0 Å². The summed E-state index contributed by atoms with van der Waals surface area (Å²) in [4.78, 5) is 11.9. The Morgan fingerprint density at radius 3 is 2.54 bits per heavy atom. The molecule has 0 spiro atoms. The van der Waals surface area contributed by atoms with Gasteiger partial charge in [-0.05, 0) is 37.4 Å². The smallest absolute Gasteiger partial charge is 0.429 e. The van der Waals surface area contributed by atoms with Gasteiger partial charge in [-0.1, -0.05) is 18.2 Å². The van der Waals surface area contributed by atoms with Gasteiger partial charge in [-0.15, -0.1) is 0 Å². The molecule has 0 saturated carbocycles. The molecule has 0 radical (unpaired) electrons. The number of rotatable bonds is 6. The van der Waals surface area contributed by atoms with Crippen LogP contribution in [0.5, 0.6) is 0 Å². The Bertz CT molecular complexity index is 560. The molecular formula is C17H25BO6. The van der Waals surface area contributed by atoms with E-state index in [1.807, 2.05) is 39.0 Å². The first kappa shape index (κ1) is 18.8. The van der Waals surface area contributed by atoms with E-state index >= 15 is 0 Å². The lowest BCUT2D eigenvalue weighted by Gasteiger charge is -2.16. The van der Waals surface area contributed by atoms with Gasteiger partial charge in [0.25, 0.3) is 0 Å². The lowest BCUT2D eigenvalue weighted by molar-refractivity contribution is -0.0141. The standard InChI is InChI=1S/C17H25BO6/c1-11-8-15(18(20-4)21-5)7-6-14(11)10-22-17(19)24-16-9-12(2)23-13(16)3/h6-8,12-13,16H,9-10H2,1-5H3/t12-,13+,16+/m0/s1. The van der Waals surface area contributed by atoms with Crippen LogP contribution in [0.15, 0.2) is 18.2 Å². The third-order valence-corrected chi connectivity index (χ3v) is 4.19.